The van der Waals surface area contributed by atoms with Gasteiger partial charge in [-0.2, -0.15) is 22.0 Å². The lowest BCUT2D eigenvalue weighted by molar-refractivity contribution is -0.270. The van der Waals surface area contributed by atoms with Gasteiger partial charge in [0, 0.05) is 13.2 Å². The molecule has 6 nitrogen and oxygen atoms in total. The van der Waals surface area contributed by atoms with Gasteiger partial charge < -0.3 is 4.57 Å². The number of amides is 2. The highest BCUT2D eigenvalue weighted by molar-refractivity contribution is 5.94. The zero-order valence-electron chi connectivity index (χ0n) is 9.26. The number of aryl methyl sites for hydroxylation is 1. The molecule has 0 radical (unpaired) electrons. The van der Waals surface area contributed by atoms with Crippen LogP contribution in [0.25, 0.3) is 0 Å². The first kappa shape index (κ1) is 14.9. The minimum absolute atomic E-state index is 0.266. The fourth-order valence-corrected chi connectivity index (χ4v) is 0.915. The first-order valence-corrected chi connectivity index (χ1v) is 4.59. The number of rotatable bonds is 2. The largest absolute Gasteiger partial charge is 0.463 e. The van der Waals surface area contributed by atoms with Gasteiger partial charge in [0.25, 0.3) is 5.91 Å². The van der Waals surface area contributed by atoms with E-state index in [-0.39, 0.29) is 5.69 Å². The second-order valence-corrected chi connectivity index (χ2v) is 3.40. The van der Waals surface area contributed by atoms with Gasteiger partial charge in [-0.25, -0.2) is 4.98 Å². The van der Waals surface area contributed by atoms with Crippen LogP contribution >= 0.6 is 0 Å². The van der Waals surface area contributed by atoms with E-state index in [9.17, 15) is 31.5 Å². The highest BCUT2D eigenvalue weighted by Crippen LogP contribution is 2.35. The summed E-state index contributed by atoms with van der Waals surface area (Å²) in [5.74, 6) is -9.43. The van der Waals surface area contributed by atoms with Gasteiger partial charge in [-0.3, -0.25) is 20.4 Å². The third-order valence-electron chi connectivity index (χ3n) is 1.87. The fourth-order valence-electron chi connectivity index (χ4n) is 0.915. The average Bonchev–Trinajstić information content (AvgIpc) is 2.70. The van der Waals surface area contributed by atoms with Crippen LogP contribution < -0.4 is 10.9 Å². The van der Waals surface area contributed by atoms with E-state index in [1.54, 1.807) is 0 Å². The SMILES string of the molecule is Cn1cnc(C(=O)NNC(=O)C(F)(F)C(F)(F)F)c1. The lowest BCUT2D eigenvalue weighted by Crippen LogP contribution is -2.55. The zero-order valence-corrected chi connectivity index (χ0v) is 9.26. The van der Waals surface area contributed by atoms with Crippen LogP contribution in [0.5, 0.6) is 0 Å². The van der Waals surface area contributed by atoms with E-state index in [1.807, 2.05) is 0 Å². The van der Waals surface area contributed by atoms with E-state index in [4.69, 9.17) is 0 Å². The van der Waals surface area contributed by atoms with Crippen LogP contribution in [-0.2, 0) is 11.8 Å². The van der Waals surface area contributed by atoms with Crippen LogP contribution in [0.3, 0.4) is 0 Å². The molecule has 0 saturated carbocycles. The van der Waals surface area contributed by atoms with Crippen molar-refractivity contribution in [3.63, 3.8) is 0 Å². The highest BCUT2D eigenvalue weighted by atomic mass is 19.4. The average molecular weight is 286 g/mol. The summed E-state index contributed by atoms with van der Waals surface area (Å²) in [6.45, 7) is 0. The number of hydrazine groups is 1. The smallest absolute Gasteiger partial charge is 0.340 e. The number of carbonyl (C=O) groups is 2. The number of halogens is 5. The van der Waals surface area contributed by atoms with E-state index in [0.29, 0.717) is 0 Å². The van der Waals surface area contributed by atoms with Crippen molar-refractivity contribution in [1.82, 2.24) is 20.4 Å². The summed E-state index contributed by atoms with van der Waals surface area (Å²) in [6.07, 6.45) is -3.68. The van der Waals surface area contributed by atoms with E-state index >= 15 is 0 Å². The number of aromatic nitrogens is 2. The first-order valence-electron chi connectivity index (χ1n) is 4.59. The maximum Gasteiger partial charge on any atom is 0.463 e. The molecular weight excluding hydrogens is 279 g/mol. The molecule has 0 bridgehead atoms. The van der Waals surface area contributed by atoms with E-state index < -0.39 is 23.9 Å². The number of hydrogen-bond acceptors (Lipinski definition) is 3. The molecule has 19 heavy (non-hydrogen) atoms. The minimum atomic E-state index is -6.05. The van der Waals surface area contributed by atoms with Crippen LogP contribution in [0.15, 0.2) is 12.5 Å². The Hall–Kier alpha value is -2.20. The van der Waals surface area contributed by atoms with Crippen molar-refractivity contribution in [2.75, 3.05) is 0 Å². The maximum atomic E-state index is 12.5. The van der Waals surface area contributed by atoms with E-state index in [0.717, 1.165) is 5.43 Å². The third-order valence-corrected chi connectivity index (χ3v) is 1.87. The van der Waals surface area contributed by atoms with Gasteiger partial charge in [0.2, 0.25) is 0 Å². The van der Waals surface area contributed by atoms with Crippen molar-refractivity contribution in [3.05, 3.63) is 18.2 Å². The monoisotopic (exact) mass is 286 g/mol. The van der Waals surface area contributed by atoms with Crippen molar-refractivity contribution in [1.29, 1.82) is 0 Å². The summed E-state index contributed by atoms with van der Waals surface area (Å²) in [6, 6.07) is 0. The molecule has 0 aromatic carbocycles. The molecule has 0 spiro atoms. The molecule has 0 aliphatic rings. The van der Waals surface area contributed by atoms with Crippen molar-refractivity contribution >= 4 is 11.8 Å². The van der Waals surface area contributed by atoms with Gasteiger partial charge in [0.05, 0.1) is 6.33 Å². The van der Waals surface area contributed by atoms with E-state index in [1.165, 1.54) is 29.6 Å². The Morgan fingerprint density at radius 3 is 2.21 bits per heavy atom. The molecule has 0 fully saturated rings. The van der Waals surface area contributed by atoms with Crippen molar-refractivity contribution in [3.8, 4) is 0 Å². The third kappa shape index (κ3) is 3.17. The summed E-state index contributed by atoms with van der Waals surface area (Å²) >= 11 is 0. The van der Waals surface area contributed by atoms with Gasteiger partial charge in [-0.05, 0) is 0 Å². The number of imidazole rings is 1. The Morgan fingerprint density at radius 2 is 1.79 bits per heavy atom. The van der Waals surface area contributed by atoms with Crippen molar-refractivity contribution < 1.29 is 31.5 Å². The summed E-state index contributed by atoms with van der Waals surface area (Å²) in [4.78, 5) is 25.3. The first-order chi connectivity index (χ1) is 8.55. The van der Waals surface area contributed by atoms with Gasteiger partial charge in [-0.15, -0.1) is 0 Å². The number of nitrogens with zero attached hydrogens (tertiary/aromatic N) is 2. The molecule has 1 aromatic heterocycles. The molecule has 106 valence electrons. The lowest BCUT2D eigenvalue weighted by atomic mass is 10.3. The van der Waals surface area contributed by atoms with Gasteiger partial charge in [0.1, 0.15) is 5.69 Å². The fraction of sp³-hybridized carbons (Fsp3) is 0.375. The summed E-state index contributed by atoms with van der Waals surface area (Å²) in [5.41, 5.74) is 2.11. The van der Waals surface area contributed by atoms with Gasteiger partial charge in [0.15, 0.2) is 0 Å². The van der Waals surface area contributed by atoms with E-state index in [2.05, 4.69) is 4.98 Å². The quantitative estimate of drug-likeness (QED) is 0.609. The molecule has 0 aliphatic carbocycles. The molecule has 11 heteroatoms. The molecule has 0 aliphatic heterocycles. The molecule has 2 N–H and O–H groups in total. The standard InChI is InChI=1S/C8H7F5N4O2/c1-17-2-4(14-3-17)5(18)15-16-6(19)7(9,10)8(11,12)13/h2-3H,1H3,(H,15,18)(H,16,19). The van der Waals surface area contributed by atoms with Crippen LogP contribution in [-0.4, -0.2) is 33.5 Å². The Kier molecular flexibility index (Phi) is 3.77. The Balaban J connectivity index is 2.63. The van der Waals surface area contributed by atoms with Crippen molar-refractivity contribution in [2.24, 2.45) is 7.05 Å². The lowest BCUT2D eigenvalue weighted by Gasteiger charge is -2.18. The topological polar surface area (TPSA) is 76.0 Å². The highest BCUT2D eigenvalue weighted by Gasteiger charge is 2.63. The Bertz CT molecular complexity index is 496. The maximum absolute atomic E-state index is 12.5. The number of nitrogens with one attached hydrogen (secondary N) is 2. The predicted molar refractivity (Wildman–Crippen MR) is 49.8 cm³/mol. The molecule has 0 atom stereocenters. The Morgan fingerprint density at radius 1 is 1.21 bits per heavy atom. The van der Waals surface area contributed by atoms with Gasteiger partial charge >= 0.3 is 18.0 Å². The molecular formula is C8H7F5N4O2. The molecule has 2 amide bonds. The Labute approximate surface area is 102 Å². The second-order valence-electron chi connectivity index (χ2n) is 3.40. The predicted octanol–water partition coefficient (Wildman–Crippen LogP) is 0.379. The minimum Gasteiger partial charge on any atom is -0.340 e. The second kappa shape index (κ2) is 4.82. The molecule has 0 saturated heterocycles. The van der Waals surface area contributed by atoms with Crippen LogP contribution in [0, 0.1) is 0 Å². The van der Waals surface area contributed by atoms with Gasteiger partial charge in [-0.1, -0.05) is 0 Å². The molecule has 1 aromatic rings. The van der Waals surface area contributed by atoms with Crippen LogP contribution in [0.2, 0.25) is 0 Å². The normalized spacial score (nSPS) is 12.1. The summed E-state index contributed by atoms with van der Waals surface area (Å²) in [7, 11) is 1.50. The number of alkyl halides is 5. The molecule has 1 heterocycles. The summed E-state index contributed by atoms with van der Waals surface area (Å²) in [5, 5.41) is 0. The van der Waals surface area contributed by atoms with Crippen molar-refractivity contribution in [2.45, 2.75) is 12.1 Å². The zero-order chi connectivity index (χ0) is 14.8. The van der Waals surface area contributed by atoms with Crippen LogP contribution in [0.1, 0.15) is 10.5 Å². The van der Waals surface area contributed by atoms with Crippen LogP contribution in [0.4, 0.5) is 22.0 Å². The number of carbonyl (C=O) groups excluding carboxylic acids is 2. The molecule has 1 rings (SSSR count). The molecule has 0 unspecified atom stereocenters. The number of hydrogen-bond donors (Lipinski definition) is 2. The summed E-state index contributed by atoms with van der Waals surface area (Å²) < 4.78 is 61.7.